The van der Waals surface area contributed by atoms with E-state index in [1.54, 1.807) is 31.0 Å². The highest BCUT2D eigenvalue weighted by Crippen LogP contribution is 2.12. The van der Waals surface area contributed by atoms with Crippen molar-refractivity contribution in [3.05, 3.63) is 0 Å². The first-order valence-electron chi connectivity index (χ1n) is 7.37. The minimum atomic E-state index is -0.143. The number of carbonyl (C=O) groups is 2. The lowest BCUT2D eigenvalue weighted by Gasteiger charge is -2.27. The molecule has 0 spiro atoms. The zero-order valence-electron chi connectivity index (χ0n) is 13.3. The summed E-state index contributed by atoms with van der Waals surface area (Å²) >= 11 is 0. The van der Waals surface area contributed by atoms with Gasteiger partial charge in [-0.15, -0.1) is 0 Å². The molecule has 7 nitrogen and oxygen atoms in total. The predicted molar refractivity (Wildman–Crippen MR) is 79.1 cm³/mol. The fraction of sp³-hybridized carbons (Fsp3) is 0.857. The van der Waals surface area contributed by atoms with Crippen LogP contribution < -0.4 is 5.32 Å². The Kier molecular flexibility index (Phi) is 8.07. The van der Waals surface area contributed by atoms with Crippen LogP contribution in [-0.2, 0) is 14.3 Å². The van der Waals surface area contributed by atoms with Gasteiger partial charge in [0.15, 0.2) is 0 Å². The van der Waals surface area contributed by atoms with Gasteiger partial charge in [-0.3, -0.25) is 4.79 Å². The molecule has 1 aliphatic heterocycles. The Labute approximate surface area is 126 Å². The predicted octanol–water partition coefficient (Wildman–Crippen LogP) is 0.302. The minimum absolute atomic E-state index is 0.00470. The van der Waals surface area contributed by atoms with Crippen LogP contribution in [-0.4, -0.2) is 81.9 Å². The average molecular weight is 301 g/mol. The maximum Gasteiger partial charge on any atom is 0.319 e. The number of nitrogens with zero attached hydrogens (tertiary/aromatic N) is 2. The van der Waals surface area contributed by atoms with Crippen LogP contribution in [0, 0.1) is 0 Å². The fourth-order valence-corrected chi connectivity index (χ4v) is 2.29. The number of methoxy groups -OCH3 is 1. The van der Waals surface area contributed by atoms with Crippen LogP contribution >= 0.6 is 0 Å². The van der Waals surface area contributed by atoms with Crippen LogP contribution in [0.5, 0.6) is 0 Å². The smallest absolute Gasteiger partial charge is 0.319 e. The van der Waals surface area contributed by atoms with Gasteiger partial charge in [0.2, 0.25) is 5.91 Å². The van der Waals surface area contributed by atoms with Gasteiger partial charge >= 0.3 is 6.03 Å². The Balaban J connectivity index is 2.38. The molecule has 0 aromatic heterocycles. The number of rotatable bonds is 6. The second-order valence-electron chi connectivity index (χ2n) is 5.43. The summed E-state index contributed by atoms with van der Waals surface area (Å²) in [6.45, 7) is 2.21. The molecule has 1 saturated heterocycles. The van der Waals surface area contributed by atoms with Crippen molar-refractivity contribution in [2.24, 2.45) is 0 Å². The lowest BCUT2D eigenvalue weighted by molar-refractivity contribution is -0.126. The molecule has 1 fully saturated rings. The van der Waals surface area contributed by atoms with Gasteiger partial charge in [0.05, 0.1) is 13.2 Å². The van der Waals surface area contributed by atoms with Crippen molar-refractivity contribution in [1.29, 1.82) is 0 Å². The molecule has 1 atom stereocenters. The Morgan fingerprint density at radius 1 is 1.29 bits per heavy atom. The zero-order chi connectivity index (χ0) is 15.7. The lowest BCUT2D eigenvalue weighted by Crippen LogP contribution is -2.48. The second-order valence-corrected chi connectivity index (χ2v) is 5.43. The van der Waals surface area contributed by atoms with Crippen LogP contribution in [0.25, 0.3) is 0 Å². The maximum atomic E-state index is 12.0. The van der Waals surface area contributed by atoms with Gasteiger partial charge < -0.3 is 24.6 Å². The molecule has 0 aromatic carbocycles. The lowest BCUT2D eigenvalue weighted by atomic mass is 10.1. The molecule has 1 aliphatic rings. The maximum absolute atomic E-state index is 12.0. The SMILES string of the molecule is COCCOCC(=O)NC1CCCCN(C(=O)N(C)C)C1. The van der Waals surface area contributed by atoms with Crippen molar-refractivity contribution >= 4 is 11.9 Å². The van der Waals surface area contributed by atoms with E-state index in [0.29, 0.717) is 19.8 Å². The number of carbonyl (C=O) groups excluding carboxylic acids is 2. The molecule has 1 heterocycles. The van der Waals surface area contributed by atoms with E-state index in [1.165, 1.54) is 0 Å². The normalized spacial score (nSPS) is 19.0. The van der Waals surface area contributed by atoms with Crippen molar-refractivity contribution in [1.82, 2.24) is 15.1 Å². The molecule has 1 rings (SSSR count). The Morgan fingerprint density at radius 2 is 2.05 bits per heavy atom. The Hall–Kier alpha value is -1.34. The van der Waals surface area contributed by atoms with Crippen molar-refractivity contribution in [3.8, 4) is 0 Å². The van der Waals surface area contributed by atoms with Crippen molar-refractivity contribution in [2.75, 3.05) is 54.1 Å². The van der Waals surface area contributed by atoms with Gasteiger partial charge in [0.25, 0.3) is 0 Å². The van der Waals surface area contributed by atoms with E-state index in [2.05, 4.69) is 5.32 Å². The molecule has 0 aliphatic carbocycles. The quantitative estimate of drug-likeness (QED) is 0.716. The van der Waals surface area contributed by atoms with E-state index < -0.39 is 0 Å². The summed E-state index contributed by atoms with van der Waals surface area (Å²) in [6, 6.07) is -0.0116. The first-order chi connectivity index (χ1) is 10.0. The van der Waals surface area contributed by atoms with E-state index >= 15 is 0 Å². The van der Waals surface area contributed by atoms with E-state index in [0.717, 1.165) is 25.8 Å². The van der Waals surface area contributed by atoms with Gasteiger partial charge in [-0.1, -0.05) is 0 Å². The van der Waals surface area contributed by atoms with Gasteiger partial charge in [0, 0.05) is 40.3 Å². The highest BCUT2D eigenvalue weighted by Gasteiger charge is 2.23. The van der Waals surface area contributed by atoms with E-state index in [-0.39, 0.29) is 24.6 Å². The van der Waals surface area contributed by atoms with Crippen LogP contribution in [0.3, 0.4) is 0 Å². The van der Waals surface area contributed by atoms with Crippen molar-refractivity contribution < 1.29 is 19.1 Å². The molecule has 1 unspecified atom stereocenters. The highest BCUT2D eigenvalue weighted by molar-refractivity contribution is 5.78. The third-order valence-corrected chi connectivity index (χ3v) is 3.35. The molecule has 0 aromatic rings. The standard InChI is InChI=1S/C14H27N3O4/c1-16(2)14(19)17-7-5-4-6-12(10-17)15-13(18)11-21-9-8-20-3/h12H,4-11H2,1-3H3,(H,15,18). The van der Waals surface area contributed by atoms with Gasteiger partial charge in [-0.05, 0) is 19.3 Å². The number of urea groups is 1. The van der Waals surface area contributed by atoms with Crippen LogP contribution in [0.2, 0.25) is 0 Å². The number of hydrogen-bond acceptors (Lipinski definition) is 4. The molecule has 7 heteroatoms. The number of likely N-dealkylation sites (tertiary alicyclic amines) is 1. The van der Waals surface area contributed by atoms with Crippen LogP contribution in [0.4, 0.5) is 4.79 Å². The zero-order valence-corrected chi connectivity index (χ0v) is 13.3. The summed E-state index contributed by atoms with van der Waals surface area (Å²) in [4.78, 5) is 27.2. The summed E-state index contributed by atoms with van der Waals surface area (Å²) < 4.78 is 10.0. The largest absolute Gasteiger partial charge is 0.382 e. The summed E-state index contributed by atoms with van der Waals surface area (Å²) in [5.74, 6) is -0.143. The minimum Gasteiger partial charge on any atom is -0.382 e. The summed E-state index contributed by atoms with van der Waals surface area (Å²) in [5.41, 5.74) is 0. The number of hydrogen-bond donors (Lipinski definition) is 1. The molecular weight excluding hydrogens is 274 g/mol. The Morgan fingerprint density at radius 3 is 2.71 bits per heavy atom. The third-order valence-electron chi connectivity index (χ3n) is 3.35. The molecule has 3 amide bonds. The van der Waals surface area contributed by atoms with Gasteiger partial charge in [0.1, 0.15) is 6.61 Å². The summed E-state index contributed by atoms with van der Waals surface area (Å²) in [7, 11) is 5.07. The molecular formula is C14H27N3O4. The fourth-order valence-electron chi connectivity index (χ4n) is 2.29. The first-order valence-corrected chi connectivity index (χ1v) is 7.37. The van der Waals surface area contributed by atoms with Crippen LogP contribution in [0.1, 0.15) is 19.3 Å². The number of amides is 3. The van der Waals surface area contributed by atoms with E-state index in [1.807, 2.05) is 0 Å². The summed E-state index contributed by atoms with van der Waals surface area (Å²) in [6.07, 6.45) is 2.87. The molecule has 0 saturated carbocycles. The summed E-state index contributed by atoms with van der Waals surface area (Å²) in [5, 5.41) is 2.94. The highest BCUT2D eigenvalue weighted by atomic mass is 16.5. The third kappa shape index (κ3) is 6.77. The van der Waals surface area contributed by atoms with Gasteiger partial charge in [-0.2, -0.15) is 0 Å². The molecule has 21 heavy (non-hydrogen) atoms. The van der Waals surface area contributed by atoms with E-state index in [9.17, 15) is 9.59 Å². The average Bonchev–Trinajstić information content (AvgIpc) is 2.68. The first kappa shape index (κ1) is 17.7. The topological polar surface area (TPSA) is 71.1 Å². The second kappa shape index (κ2) is 9.57. The van der Waals surface area contributed by atoms with Crippen molar-refractivity contribution in [2.45, 2.75) is 25.3 Å². The monoisotopic (exact) mass is 301 g/mol. The molecule has 1 N–H and O–H groups in total. The molecule has 122 valence electrons. The van der Waals surface area contributed by atoms with Crippen LogP contribution in [0.15, 0.2) is 0 Å². The Bertz CT molecular complexity index is 336. The van der Waals surface area contributed by atoms with Gasteiger partial charge in [-0.25, -0.2) is 4.79 Å². The molecule has 0 bridgehead atoms. The number of nitrogens with one attached hydrogen (secondary N) is 1. The van der Waals surface area contributed by atoms with E-state index in [4.69, 9.17) is 9.47 Å². The number of ether oxygens (including phenoxy) is 2. The van der Waals surface area contributed by atoms with Crippen molar-refractivity contribution in [3.63, 3.8) is 0 Å². The molecule has 0 radical (unpaired) electrons.